The summed E-state index contributed by atoms with van der Waals surface area (Å²) < 4.78 is 5.17. The Morgan fingerprint density at radius 1 is 1.43 bits per heavy atom. The Morgan fingerprint density at radius 3 is 2.78 bits per heavy atom. The highest BCUT2D eigenvalue weighted by molar-refractivity contribution is 7.10. The first-order chi connectivity index (χ1) is 10.8. The van der Waals surface area contributed by atoms with E-state index in [2.05, 4.69) is 0 Å². The lowest BCUT2D eigenvalue weighted by atomic mass is 9.84. The first-order valence-corrected chi connectivity index (χ1v) is 8.42. The molecule has 120 valence electrons. The number of fused-ring (bicyclic) bond motifs is 1. The van der Waals surface area contributed by atoms with Gasteiger partial charge in [0.05, 0.1) is 10.4 Å². The van der Waals surface area contributed by atoms with Gasteiger partial charge >= 0.3 is 5.97 Å². The van der Waals surface area contributed by atoms with Gasteiger partial charge in [-0.1, -0.05) is 29.3 Å². The molecule has 1 unspecified atom stereocenters. The molecular weight excluding hydrogens is 359 g/mol. The number of hydrogen-bond donors (Lipinski definition) is 1. The largest absolute Gasteiger partial charge is 0.480 e. The van der Waals surface area contributed by atoms with Gasteiger partial charge < -0.3 is 9.84 Å². The van der Waals surface area contributed by atoms with E-state index in [1.807, 2.05) is 24.4 Å². The molecule has 1 N–H and O–H groups in total. The normalized spacial score (nSPS) is 19.7. The molecule has 3 rings (SSSR count). The lowest BCUT2D eigenvalue weighted by molar-refractivity contribution is -0.139. The number of carbonyl (C=O) groups is 2. The molecule has 0 saturated carbocycles. The van der Waals surface area contributed by atoms with Crippen molar-refractivity contribution >= 4 is 46.3 Å². The van der Waals surface area contributed by atoms with Crippen molar-refractivity contribution in [1.82, 2.24) is 0 Å². The molecule has 1 aliphatic carbocycles. The SMILES string of the molecule is CC1(c2cccs2)Cc2cc(OCC(=O)O)c(Cl)c(Cl)c2C1=O. The molecule has 0 bridgehead atoms. The maximum Gasteiger partial charge on any atom is 0.341 e. The van der Waals surface area contributed by atoms with Crippen LogP contribution in [0.4, 0.5) is 0 Å². The van der Waals surface area contributed by atoms with Gasteiger partial charge in [-0.2, -0.15) is 0 Å². The van der Waals surface area contributed by atoms with E-state index in [1.165, 1.54) is 11.3 Å². The number of thiophene rings is 1. The molecule has 23 heavy (non-hydrogen) atoms. The average molecular weight is 371 g/mol. The number of carboxylic acid groups (broad SMARTS) is 1. The predicted molar refractivity (Wildman–Crippen MR) is 89.3 cm³/mol. The number of aliphatic carboxylic acids is 1. The number of carboxylic acids is 1. The van der Waals surface area contributed by atoms with Gasteiger partial charge in [-0.3, -0.25) is 4.79 Å². The summed E-state index contributed by atoms with van der Waals surface area (Å²) in [5.41, 5.74) is 0.436. The van der Waals surface area contributed by atoms with Crippen LogP contribution in [0, 0.1) is 0 Å². The van der Waals surface area contributed by atoms with Gasteiger partial charge in [-0.15, -0.1) is 11.3 Å². The summed E-state index contributed by atoms with van der Waals surface area (Å²) >= 11 is 13.9. The molecule has 2 aromatic rings. The quantitative estimate of drug-likeness (QED) is 0.874. The highest BCUT2D eigenvalue weighted by Crippen LogP contribution is 2.48. The van der Waals surface area contributed by atoms with Crippen LogP contribution >= 0.6 is 34.5 Å². The lowest BCUT2D eigenvalue weighted by Gasteiger charge is -2.19. The van der Waals surface area contributed by atoms with Gasteiger partial charge in [0, 0.05) is 10.4 Å². The standard InChI is InChI=1S/C16H12Cl2O4S/c1-16(10-3-2-4-23-10)6-8-5-9(22-7-11(19)20)13(17)14(18)12(8)15(16)21/h2-5H,6-7H2,1H3,(H,19,20). The third kappa shape index (κ3) is 2.63. The maximum atomic E-state index is 12.9. The number of benzene rings is 1. The Kier molecular flexibility index (Phi) is 4.12. The summed E-state index contributed by atoms with van der Waals surface area (Å²) in [4.78, 5) is 24.5. The van der Waals surface area contributed by atoms with E-state index in [4.69, 9.17) is 33.0 Å². The first kappa shape index (κ1) is 16.3. The molecule has 0 spiro atoms. The smallest absolute Gasteiger partial charge is 0.341 e. The summed E-state index contributed by atoms with van der Waals surface area (Å²) in [6.45, 7) is 1.36. The van der Waals surface area contributed by atoms with Crippen molar-refractivity contribution < 1.29 is 19.4 Å². The molecule has 1 aromatic carbocycles. The molecule has 1 heterocycles. The molecule has 1 aliphatic rings. The van der Waals surface area contributed by atoms with Crippen LogP contribution in [0.15, 0.2) is 23.6 Å². The molecular formula is C16H12Cl2O4S. The summed E-state index contributed by atoms with van der Waals surface area (Å²) in [5.74, 6) is -1.01. The molecule has 0 amide bonds. The number of rotatable bonds is 4. The first-order valence-electron chi connectivity index (χ1n) is 6.79. The lowest BCUT2D eigenvalue weighted by Crippen LogP contribution is -2.28. The van der Waals surface area contributed by atoms with E-state index >= 15 is 0 Å². The second-order valence-electron chi connectivity index (χ2n) is 5.53. The highest BCUT2D eigenvalue weighted by Gasteiger charge is 2.45. The van der Waals surface area contributed by atoms with Crippen molar-refractivity contribution in [3.63, 3.8) is 0 Å². The minimum Gasteiger partial charge on any atom is -0.480 e. The third-order valence-electron chi connectivity index (χ3n) is 3.94. The Morgan fingerprint density at radius 2 is 2.17 bits per heavy atom. The zero-order valence-corrected chi connectivity index (χ0v) is 14.4. The van der Waals surface area contributed by atoms with Crippen LogP contribution in [0.25, 0.3) is 0 Å². The Bertz CT molecular complexity index is 801. The fraction of sp³-hybridized carbons (Fsp3) is 0.250. The average Bonchev–Trinajstić information content (AvgIpc) is 3.10. The number of halogens is 2. The summed E-state index contributed by atoms with van der Waals surface area (Å²) in [5, 5.41) is 10.8. The van der Waals surface area contributed by atoms with Crippen LogP contribution in [0.3, 0.4) is 0 Å². The van der Waals surface area contributed by atoms with Crippen LogP contribution in [-0.2, 0) is 16.6 Å². The number of hydrogen-bond acceptors (Lipinski definition) is 4. The summed E-state index contributed by atoms with van der Waals surface area (Å²) in [6.07, 6.45) is 0.474. The molecule has 4 nitrogen and oxygen atoms in total. The maximum absolute atomic E-state index is 12.9. The topological polar surface area (TPSA) is 63.6 Å². The van der Waals surface area contributed by atoms with E-state index in [9.17, 15) is 9.59 Å². The monoisotopic (exact) mass is 370 g/mol. The van der Waals surface area contributed by atoms with Gasteiger partial charge in [0.2, 0.25) is 0 Å². The number of Topliss-reactive ketones (excluding diaryl/α,β-unsaturated/α-hetero) is 1. The highest BCUT2D eigenvalue weighted by atomic mass is 35.5. The second kappa shape index (κ2) is 5.82. The van der Waals surface area contributed by atoms with E-state index < -0.39 is 18.0 Å². The molecule has 0 fully saturated rings. The molecule has 0 aliphatic heterocycles. The summed E-state index contributed by atoms with van der Waals surface area (Å²) in [7, 11) is 0. The second-order valence-corrected chi connectivity index (χ2v) is 7.24. The van der Waals surface area contributed by atoms with E-state index in [1.54, 1.807) is 6.07 Å². The van der Waals surface area contributed by atoms with Crippen LogP contribution < -0.4 is 4.74 Å². The molecule has 0 saturated heterocycles. The zero-order valence-electron chi connectivity index (χ0n) is 12.1. The van der Waals surface area contributed by atoms with Gasteiger partial charge in [-0.05, 0) is 36.4 Å². The Labute approximate surface area is 146 Å². The van der Waals surface area contributed by atoms with Crippen molar-refractivity contribution in [2.75, 3.05) is 6.61 Å². The minimum atomic E-state index is -1.11. The van der Waals surface area contributed by atoms with Crippen molar-refractivity contribution in [2.45, 2.75) is 18.8 Å². The van der Waals surface area contributed by atoms with Crippen molar-refractivity contribution in [2.24, 2.45) is 0 Å². The van der Waals surface area contributed by atoms with E-state index in [0.717, 1.165) is 10.4 Å². The van der Waals surface area contributed by atoms with E-state index in [0.29, 0.717) is 12.0 Å². The van der Waals surface area contributed by atoms with Gasteiger partial charge in [0.15, 0.2) is 12.4 Å². The zero-order chi connectivity index (χ0) is 16.8. The van der Waals surface area contributed by atoms with Gasteiger partial charge in [-0.25, -0.2) is 4.79 Å². The van der Waals surface area contributed by atoms with Crippen molar-refractivity contribution in [3.8, 4) is 5.75 Å². The van der Waals surface area contributed by atoms with Gasteiger partial charge in [0.25, 0.3) is 0 Å². The van der Waals surface area contributed by atoms with Crippen LogP contribution in [0.5, 0.6) is 5.75 Å². The van der Waals surface area contributed by atoms with Crippen molar-refractivity contribution in [1.29, 1.82) is 0 Å². The van der Waals surface area contributed by atoms with Crippen LogP contribution in [0.1, 0.15) is 27.7 Å². The fourth-order valence-electron chi connectivity index (χ4n) is 2.81. The molecule has 1 aromatic heterocycles. The van der Waals surface area contributed by atoms with Gasteiger partial charge in [0.1, 0.15) is 10.8 Å². The summed E-state index contributed by atoms with van der Waals surface area (Å²) in [6, 6.07) is 5.44. The minimum absolute atomic E-state index is 0.0652. The molecule has 7 heteroatoms. The van der Waals surface area contributed by atoms with Crippen molar-refractivity contribution in [3.05, 3.63) is 49.6 Å². The number of carbonyl (C=O) groups excluding carboxylic acids is 1. The fourth-order valence-corrected chi connectivity index (χ4v) is 4.20. The molecule has 1 atom stereocenters. The predicted octanol–water partition coefficient (Wildman–Crippen LogP) is 4.22. The Balaban J connectivity index is 2.05. The van der Waals surface area contributed by atoms with Crippen LogP contribution in [0.2, 0.25) is 10.0 Å². The Hall–Kier alpha value is -1.56. The third-order valence-corrected chi connectivity index (χ3v) is 5.93. The van der Waals surface area contributed by atoms with Crippen LogP contribution in [-0.4, -0.2) is 23.5 Å². The number of ether oxygens (including phenoxy) is 1. The number of ketones is 1. The molecule has 0 radical (unpaired) electrons. The van der Waals surface area contributed by atoms with E-state index in [-0.39, 0.29) is 21.6 Å².